The van der Waals surface area contributed by atoms with E-state index in [4.69, 9.17) is 14.2 Å². The van der Waals surface area contributed by atoms with E-state index >= 15 is 0 Å². The molecule has 0 saturated carbocycles. The molecule has 1 aliphatic rings. The average molecular weight is 341 g/mol. The van der Waals surface area contributed by atoms with Crippen LogP contribution < -0.4 is 25.0 Å². The Morgan fingerprint density at radius 1 is 1.20 bits per heavy atom. The van der Waals surface area contributed by atoms with Gasteiger partial charge in [0, 0.05) is 5.69 Å². The molecule has 0 radical (unpaired) electrons. The largest absolute Gasteiger partial charge is 0.497 e. The van der Waals surface area contributed by atoms with Crippen molar-refractivity contribution in [3.05, 3.63) is 48.0 Å². The van der Waals surface area contributed by atoms with Crippen LogP contribution in [-0.4, -0.2) is 32.1 Å². The summed E-state index contributed by atoms with van der Waals surface area (Å²) in [6.07, 6.45) is 1.56. The van der Waals surface area contributed by atoms with E-state index in [-0.39, 0.29) is 12.7 Å². The van der Waals surface area contributed by atoms with Gasteiger partial charge in [-0.15, -0.1) is 0 Å². The van der Waals surface area contributed by atoms with Crippen molar-refractivity contribution in [1.82, 2.24) is 5.43 Å². The number of nitrogens with zero attached hydrogens (tertiary/aromatic N) is 1. The molecule has 7 heteroatoms. The Morgan fingerprint density at radius 3 is 2.72 bits per heavy atom. The maximum Gasteiger partial charge on any atom is 0.262 e. The minimum absolute atomic E-state index is 0.223. The molecule has 25 heavy (non-hydrogen) atoms. The van der Waals surface area contributed by atoms with Gasteiger partial charge in [0.15, 0.2) is 11.5 Å². The second-order valence-corrected chi connectivity index (χ2v) is 5.44. The van der Waals surface area contributed by atoms with Crippen molar-refractivity contribution < 1.29 is 19.0 Å². The van der Waals surface area contributed by atoms with Crippen LogP contribution in [0.25, 0.3) is 0 Å². The van der Waals surface area contributed by atoms with Gasteiger partial charge in [0.25, 0.3) is 5.91 Å². The van der Waals surface area contributed by atoms with Crippen LogP contribution in [0.4, 0.5) is 5.69 Å². The molecule has 0 saturated heterocycles. The fourth-order valence-corrected chi connectivity index (χ4v) is 2.26. The highest BCUT2D eigenvalue weighted by Crippen LogP contribution is 2.31. The molecule has 1 atom stereocenters. The summed E-state index contributed by atoms with van der Waals surface area (Å²) in [5.74, 6) is 1.90. The van der Waals surface area contributed by atoms with E-state index in [1.807, 2.05) is 30.3 Å². The van der Waals surface area contributed by atoms with Crippen molar-refractivity contribution in [3.63, 3.8) is 0 Å². The number of anilines is 1. The number of benzene rings is 2. The predicted octanol–water partition coefficient (Wildman–Crippen LogP) is 2.37. The Kier molecular flexibility index (Phi) is 5.03. The van der Waals surface area contributed by atoms with Crippen LogP contribution in [0.15, 0.2) is 47.6 Å². The molecular formula is C18H19N3O4. The number of rotatable bonds is 6. The lowest BCUT2D eigenvalue weighted by atomic mass is 10.2. The number of hydrazone groups is 1. The van der Waals surface area contributed by atoms with Crippen molar-refractivity contribution in [3.8, 4) is 17.2 Å². The molecule has 2 aromatic rings. The molecule has 3 rings (SSSR count). The number of carbonyl (C=O) groups excluding carboxylic acids is 1. The minimum Gasteiger partial charge on any atom is -0.497 e. The molecule has 1 unspecified atom stereocenters. The first-order valence-corrected chi connectivity index (χ1v) is 7.79. The SMILES string of the molecule is COc1ccc(NC(C)C(=O)NN=Cc2ccc3c(c2)OCO3)cc1. The lowest BCUT2D eigenvalue weighted by Gasteiger charge is -2.13. The van der Waals surface area contributed by atoms with Crippen LogP contribution in [0.5, 0.6) is 17.2 Å². The average Bonchev–Trinajstić information content (AvgIpc) is 3.10. The van der Waals surface area contributed by atoms with Crippen molar-refractivity contribution in [2.75, 3.05) is 19.2 Å². The molecule has 1 aliphatic heterocycles. The van der Waals surface area contributed by atoms with E-state index in [1.165, 1.54) is 0 Å². The van der Waals surface area contributed by atoms with Crippen molar-refractivity contribution in [2.45, 2.75) is 13.0 Å². The Labute approximate surface area is 145 Å². The smallest absolute Gasteiger partial charge is 0.262 e. The first-order valence-electron chi connectivity index (χ1n) is 7.79. The maximum atomic E-state index is 12.1. The van der Waals surface area contributed by atoms with E-state index in [9.17, 15) is 4.79 Å². The molecule has 1 amide bonds. The van der Waals surface area contributed by atoms with Gasteiger partial charge in [-0.1, -0.05) is 0 Å². The van der Waals surface area contributed by atoms with Gasteiger partial charge >= 0.3 is 0 Å². The molecule has 2 aromatic carbocycles. The van der Waals surface area contributed by atoms with Gasteiger partial charge in [-0.05, 0) is 55.0 Å². The summed E-state index contributed by atoms with van der Waals surface area (Å²) in [6.45, 7) is 1.98. The van der Waals surface area contributed by atoms with E-state index in [1.54, 1.807) is 32.4 Å². The lowest BCUT2D eigenvalue weighted by Crippen LogP contribution is -2.34. The van der Waals surface area contributed by atoms with Gasteiger partial charge in [0.05, 0.1) is 13.3 Å². The first kappa shape index (κ1) is 16.6. The van der Waals surface area contributed by atoms with Gasteiger partial charge in [0.2, 0.25) is 6.79 Å². The van der Waals surface area contributed by atoms with Crippen LogP contribution in [0.1, 0.15) is 12.5 Å². The fourth-order valence-electron chi connectivity index (χ4n) is 2.26. The third kappa shape index (κ3) is 4.20. The van der Waals surface area contributed by atoms with Gasteiger partial charge in [-0.2, -0.15) is 5.10 Å². The van der Waals surface area contributed by atoms with Crippen molar-refractivity contribution in [2.24, 2.45) is 5.10 Å². The molecule has 130 valence electrons. The Balaban J connectivity index is 1.52. The van der Waals surface area contributed by atoms with E-state index in [0.29, 0.717) is 11.5 Å². The zero-order valence-electron chi connectivity index (χ0n) is 14.0. The highest BCUT2D eigenvalue weighted by atomic mass is 16.7. The Morgan fingerprint density at radius 2 is 1.96 bits per heavy atom. The zero-order valence-corrected chi connectivity index (χ0v) is 14.0. The highest BCUT2D eigenvalue weighted by Gasteiger charge is 2.13. The molecule has 0 fully saturated rings. The number of amides is 1. The van der Waals surface area contributed by atoms with Crippen molar-refractivity contribution in [1.29, 1.82) is 0 Å². The lowest BCUT2D eigenvalue weighted by molar-refractivity contribution is -0.121. The third-order valence-electron chi connectivity index (χ3n) is 3.65. The molecule has 7 nitrogen and oxygen atoms in total. The summed E-state index contributed by atoms with van der Waals surface area (Å²) in [7, 11) is 1.61. The van der Waals surface area contributed by atoms with Gasteiger partial charge < -0.3 is 19.5 Å². The summed E-state index contributed by atoms with van der Waals surface area (Å²) in [5, 5.41) is 7.07. The standard InChI is InChI=1S/C18H19N3O4/c1-12(20-14-4-6-15(23-2)7-5-14)18(22)21-19-10-13-3-8-16-17(9-13)25-11-24-16/h3-10,12,20H,11H2,1-2H3,(H,21,22). The third-order valence-corrected chi connectivity index (χ3v) is 3.65. The Hall–Kier alpha value is -3.22. The number of hydrogen-bond acceptors (Lipinski definition) is 6. The predicted molar refractivity (Wildman–Crippen MR) is 94.4 cm³/mol. The summed E-state index contributed by atoms with van der Waals surface area (Å²) < 4.78 is 15.6. The second kappa shape index (κ2) is 7.57. The number of methoxy groups -OCH3 is 1. The normalized spacial score (nSPS) is 13.5. The van der Waals surface area contributed by atoms with Crippen molar-refractivity contribution >= 4 is 17.8 Å². The first-order chi connectivity index (χ1) is 12.2. The molecule has 0 aromatic heterocycles. The topological polar surface area (TPSA) is 81.2 Å². The molecular weight excluding hydrogens is 322 g/mol. The summed E-state index contributed by atoms with van der Waals surface area (Å²) in [4.78, 5) is 12.1. The minimum atomic E-state index is -0.442. The molecule has 0 spiro atoms. The monoisotopic (exact) mass is 341 g/mol. The highest BCUT2D eigenvalue weighted by molar-refractivity contribution is 5.86. The maximum absolute atomic E-state index is 12.1. The van der Waals surface area contributed by atoms with E-state index < -0.39 is 6.04 Å². The summed E-state index contributed by atoms with van der Waals surface area (Å²) in [5.41, 5.74) is 4.14. The van der Waals surface area contributed by atoms with E-state index in [2.05, 4.69) is 15.8 Å². The number of fused-ring (bicyclic) bond motifs is 1. The number of ether oxygens (including phenoxy) is 3. The summed E-state index contributed by atoms with van der Waals surface area (Å²) in [6, 6.07) is 12.3. The zero-order chi connectivity index (χ0) is 17.6. The molecule has 2 N–H and O–H groups in total. The number of nitrogens with one attached hydrogen (secondary N) is 2. The van der Waals surface area contributed by atoms with Crippen LogP contribution in [0, 0.1) is 0 Å². The summed E-state index contributed by atoms with van der Waals surface area (Å²) >= 11 is 0. The number of hydrogen-bond donors (Lipinski definition) is 2. The van der Waals surface area contributed by atoms with Crippen LogP contribution in [-0.2, 0) is 4.79 Å². The molecule has 0 bridgehead atoms. The van der Waals surface area contributed by atoms with Crippen LogP contribution in [0.2, 0.25) is 0 Å². The fraction of sp³-hybridized carbons (Fsp3) is 0.222. The van der Waals surface area contributed by atoms with E-state index in [0.717, 1.165) is 17.0 Å². The van der Waals surface area contributed by atoms with Crippen LogP contribution in [0.3, 0.4) is 0 Å². The quantitative estimate of drug-likeness (QED) is 0.623. The Bertz CT molecular complexity index is 774. The molecule has 1 heterocycles. The van der Waals surface area contributed by atoms with Gasteiger partial charge in [0.1, 0.15) is 11.8 Å². The second-order valence-electron chi connectivity index (χ2n) is 5.44. The van der Waals surface area contributed by atoms with Gasteiger partial charge in [-0.25, -0.2) is 5.43 Å². The number of carbonyl (C=O) groups is 1. The molecule has 0 aliphatic carbocycles. The van der Waals surface area contributed by atoms with Gasteiger partial charge in [-0.3, -0.25) is 4.79 Å². The van der Waals surface area contributed by atoms with Crippen LogP contribution >= 0.6 is 0 Å².